The van der Waals surface area contributed by atoms with E-state index in [1.807, 2.05) is 18.2 Å². The summed E-state index contributed by atoms with van der Waals surface area (Å²) in [6.07, 6.45) is 2.97. The van der Waals surface area contributed by atoms with Crippen molar-refractivity contribution in [2.24, 2.45) is 0 Å². The number of anilines is 2. The van der Waals surface area contributed by atoms with Crippen molar-refractivity contribution < 1.29 is 23.1 Å². The fourth-order valence-electron chi connectivity index (χ4n) is 4.41. The predicted octanol–water partition coefficient (Wildman–Crippen LogP) is 1.83. The van der Waals surface area contributed by atoms with Crippen LogP contribution in [-0.2, 0) is 14.8 Å². The molecule has 0 unspecified atom stereocenters. The molecule has 11 heteroatoms. The highest BCUT2D eigenvalue weighted by Gasteiger charge is 2.28. The number of rotatable bonds is 9. The first-order valence-corrected chi connectivity index (χ1v) is 13.5. The van der Waals surface area contributed by atoms with E-state index in [2.05, 4.69) is 14.6 Å². The molecular weight excluding hydrogens is 482 g/mol. The zero-order valence-electron chi connectivity index (χ0n) is 20.3. The van der Waals surface area contributed by atoms with Crippen LogP contribution in [0.3, 0.4) is 0 Å². The summed E-state index contributed by atoms with van der Waals surface area (Å²) < 4.78 is 31.8. The van der Waals surface area contributed by atoms with E-state index in [1.54, 1.807) is 48.5 Å². The first kappa shape index (κ1) is 25.7. The molecule has 0 radical (unpaired) electrons. The lowest BCUT2D eigenvalue weighted by Crippen LogP contribution is -2.41. The normalized spacial score (nSPS) is 17.1. The first-order valence-electron chi connectivity index (χ1n) is 11.6. The molecule has 10 nitrogen and oxygen atoms in total. The highest BCUT2D eigenvalue weighted by atomic mass is 32.2. The average molecular weight is 514 g/mol. The lowest BCUT2D eigenvalue weighted by atomic mass is 10.0. The number of ether oxygens (including phenoxy) is 1. The number of sulfonamides is 1. The third kappa shape index (κ3) is 6.23. The Balaban J connectivity index is 1.52. The predicted molar refractivity (Wildman–Crippen MR) is 139 cm³/mol. The van der Waals surface area contributed by atoms with Crippen LogP contribution in [-0.4, -0.2) is 79.9 Å². The molecule has 192 valence electrons. The van der Waals surface area contributed by atoms with E-state index >= 15 is 0 Å². The third-order valence-electron chi connectivity index (χ3n) is 6.21. The Bertz CT molecular complexity index is 1350. The maximum atomic E-state index is 13.2. The van der Waals surface area contributed by atoms with Crippen molar-refractivity contribution in [2.75, 3.05) is 50.0 Å². The first-order chi connectivity index (χ1) is 17.1. The van der Waals surface area contributed by atoms with Gasteiger partial charge in [-0.3, -0.25) is 19.4 Å². The minimum Gasteiger partial charge on any atom is -0.483 e. The number of pyridine rings is 1. The van der Waals surface area contributed by atoms with Crippen molar-refractivity contribution in [1.82, 2.24) is 14.8 Å². The number of aliphatic hydroxyl groups excluding tert-OH is 1. The molecule has 0 aliphatic carbocycles. The molecule has 1 aliphatic heterocycles. The maximum Gasteiger partial charge on any atom is 0.260 e. The number of likely N-dealkylation sites (N-methyl/N-ethyl adjacent to an activating group) is 1. The van der Waals surface area contributed by atoms with Gasteiger partial charge in [0, 0.05) is 44.0 Å². The summed E-state index contributed by atoms with van der Waals surface area (Å²) in [5.74, 6) is 0.180. The molecule has 1 aliphatic rings. The summed E-state index contributed by atoms with van der Waals surface area (Å²) in [5, 5.41) is 10.5. The molecule has 2 heterocycles. The van der Waals surface area contributed by atoms with E-state index in [-0.39, 0.29) is 24.7 Å². The van der Waals surface area contributed by atoms with Crippen LogP contribution in [0.25, 0.3) is 10.9 Å². The fraction of sp³-hybridized carbons (Fsp3) is 0.360. The van der Waals surface area contributed by atoms with E-state index in [0.29, 0.717) is 47.5 Å². The molecule has 0 saturated carbocycles. The number of nitrogens with two attached hydrogens (primary N) is 1. The highest BCUT2D eigenvalue weighted by molar-refractivity contribution is 7.92. The van der Waals surface area contributed by atoms with Gasteiger partial charge in [-0.2, -0.15) is 0 Å². The van der Waals surface area contributed by atoms with Crippen molar-refractivity contribution in [3.05, 3.63) is 60.3 Å². The lowest BCUT2D eigenvalue weighted by molar-refractivity contribution is -0.134. The molecule has 1 aromatic heterocycles. The molecule has 36 heavy (non-hydrogen) atoms. The van der Waals surface area contributed by atoms with Crippen LogP contribution in [0.2, 0.25) is 0 Å². The fourth-order valence-corrected chi connectivity index (χ4v) is 4.97. The van der Waals surface area contributed by atoms with Crippen LogP contribution in [0.4, 0.5) is 11.4 Å². The van der Waals surface area contributed by atoms with Gasteiger partial charge in [-0.15, -0.1) is 0 Å². The van der Waals surface area contributed by atoms with E-state index in [4.69, 9.17) is 10.5 Å². The number of benzene rings is 2. The maximum absolute atomic E-state index is 13.2. The molecule has 1 amide bonds. The van der Waals surface area contributed by atoms with Crippen molar-refractivity contribution in [3.63, 3.8) is 0 Å². The summed E-state index contributed by atoms with van der Waals surface area (Å²) in [5.41, 5.74) is 8.28. The topological polar surface area (TPSA) is 138 Å². The van der Waals surface area contributed by atoms with Crippen LogP contribution >= 0.6 is 0 Å². The number of carbonyl (C=O) groups is 1. The quantitative estimate of drug-likeness (QED) is 0.369. The minimum absolute atomic E-state index is 0.221. The van der Waals surface area contributed by atoms with Gasteiger partial charge in [0.1, 0.15) is 5.75 Å². The van der Waals surface area contributed by atoms with Gasteiger partial charge >= 0.3 is 0 Å². The van der Waals surface area contributed by atoms with E-state index in [9.17, 15) is 18.3 Å². The molecule has 3 aromatic rings. The van der Waals surface area contributed by atoms with E-state index in [1.165, 1.54) is 0 Å². The zero-order chi connectivity index (χ0) is 25.9. The van der Waals surface area contributed by atoms with Crippen molar-refractivity contribution >= 4 is 38.2 Å². The SMILES string of the molecule is CN(C(=O)COc1ccc(NS(C)(=O)=O)c2ncccc12)[C@H](CN1CC[C@H](O)C1)c1cccc(N)c1. The number of nitrogens with one attached hydrogen (secondary N) is 1. The Morgan fingerprint density at radius 3 is 2.81 bits per heavy atom. The van der Waals surface area contributed by atoms with Crippen molar-refractivity contribution in [2.45, 2.75) is 18.6 Å². The number of aliphatic hydroxyl groups is 1. The Labute approximate surface area is 210 Å². The van der Waals surface area contributed by atoms with Gasteiger partial charge in [0.25, 0.3) is 5.91 Å². The zero-order valence-corrected chi connectivity index (χ0v) is 21.1. The molecular formula is C25H31N5O5S. The lowest BCUT2D eigenvalue weighted by Gasteiger charge is -2.32. The van der Waals surface area contributed by atoms with Crippen LogP contribution in [0.15, 0.2) is 54.7 Å². The van der Waals surface area contributed by atoms with E-state index < -0.39 is 10.0 Å². The van der Waals surface area contributed by atoms with Gasteiger partial charge < -0.3 is 20.5 Å². The van der Waals surface area contributed by atoms with Gasteiger partial charge in [0.15, 0.2) is 6.61 Å². The van der Waals surface area contributed by atoms with E-state index in [0.717, 1.165) is 18.4 Å². The molecule has 2 atom stereocenters. The Morgan fingerprint density at radius 1 is 1.31 bits per heavy atom. The molecule has 0 bridgehead atoms. The Kier molecular flexibility index (Phi) is 7.62. The van der Waals surface area contributed by atoms with Crippen LogP contribution in [0.5, 0.6) is 5.75 Å². The van der Waals surface area contributed by atoms with Gasteiger partial charge in [0.05, 0.1) is 29.6 Å². The van der Waals surface area contributed by atoms with Crippen molar-refractivity contribution in [3.8, 4) is 5.75 Å². The van der Waals surface area contributed by atoms with Gasteiger partial charge in [-0.25, -0.2) is 8.42 Å². The molecule has 1 fully saturated rings. The number of nitrogen functional groups attached to an aromatic ring is 1. The van der Waals surface area contributed by atoms with Gasteiger partial charge in [0.2, 0.25) is 10.0 Å². The number of aromatic nitrogens is 1. The highest BCUT2D eigenvalue weighted by Crippen LogP contribution is 2.31. The standard InChI is InChI=1S/C25H31N5O5S/c1-29(22(15-30-12-10-19(31)14-30)17-5-3-6-18(26)13-17)24(32)16-35-23-9-8-21(28-36(2,33)34)25-20(23)7-4-11-27-25/h3-9,11,13,19,22,28,31H,10,12,14-16,26H2,1-2H3/t19-,22+/m0/s1. The summed E-state index contributed by atoms with van der Waals surface area (Å²) in [7, 11) is -1.76. The minimum atomic E-state index is -3.49. The second kappa shape index (κ2) is 10.7. The number of amides is 1. The average Bonchev–Trinajstić information content (AvgIpc) is 3.25. The second-order valence-electron chi connectivity index (χ2n) is 9.07. The molecule has 4 rings (SSSR count). The van der Waals surface area contributed by atoms with Crippen LogP contribution in [0.1, 0.15) is 18.0 Å². The smallest absolute Gasteiger partial charge is 0.260 e. The number of fused-ring (bicyclic) bond motifs is 1. The molecule has 4 N–H and O–H groups in total. The number of likely N-dealkylation sites (tertiary alicyclic amines) is 1. The Morgan fingerprint density at radius 2 is 2.11 bits per heavy atom. The largest absolute Gasteiger partial charge is 0.483 e. The van der Waals surface area contributed by atoms with Gasteiger partial charge in [-0.05, 0) is 48.4 Å². The van der Waals surface area contributed by atoms with Crippen molar-refractivity contribution in [1.29, 1.82) is 0 Å². The number of nitrogens with zero attached hydrogens (tertiary/aromatic N) is 3. The molecule has 1 saturated heterocycles. The summed E-state index contributed by atoms with van der Waals surface area (Å²) >= 11 is 0. The molecule has 0 spiro atoms. The Hall–Kier alpha value is -3.41. The van der Waals surface area contributed by atoms with Gasteiger partial charge in [-0.1, -0.05) is 12.1 Å². The number of hydrogen-bond donors (Lipinski definition) is 3. The summed E-state index contributed by atoms with van der Waals surface area (Å²) in [6, 6.07) is 13.8. The monoisotopic (exact) mass is 513 g/mol. The number of carbonyl (C=O) groups excluding carboxylic acids is 1. The molecule has 2 aromatic carbocycles. The van der Waals surface area contributed by atoms with Crippen LogP contribution in [0, 0.1) is 0 Å². The summed E-state index contributed by atoms with van der Waals surface area (Å²) in [4.78, 5) is 21.3. The number of β-amino-alcohol motifs (C(OH)–C–C–N with tert-alkyl or cyclic N) is 1. The number of hydrogen-bond acceptors (Lipinski definition) is 8. The van der Waals surface area contributed by atoms with Crippen LogP contribution < -0.4 is 15.2 Å². The second-order valence-corrected chi connectivity index (χ2v) is 10.8. The third-order valence-corrected chi connectivity index (χ3v) is 6.80. The summed E-state index contributed by atoms with van der Waals surface area (Å²) in [6.45, 7) is 1.65.